The van der Waals surface area contributed by atoms with Gasteiger partial charge in [-0.3, -0.25) is 4.90 Å². The molecule has 1 atom stereocenters. The van der Waals surface area contributed by atoms with Crippen molar-refractivity contribution in [2.75, 3.05) is 6.54 Å². The number of nitrogens with zero attached hydrogens (tertiary/aromatic N) is 1. The number of carboxylic acid groups (broad SMARTS) is 1. The van der Waals surface area contributed by atoms with Crippen molar-refractivity contribution in [1.82, 2.24) is 4.90 Å². The third-order valence-electron chi connectivity index (χ3n) is 2.77. The lowest BCUT2D eigenvalue weighted by molar-refractivity contribution is 0.128. The molecule has 1 aromatic rings. The molecule has 0 fully saturated rings. The molecular formula is C12H11BrClNO2. The molecule has 1 N–H and O–H groups in total. The van der Waals surface area contributed by atoms with Crippen molar-refractivity contribution in [3.63, 3.8) is 0 Å². The van der Waals surface area contributed by atoms with Gasteiger partial charge in [-0.1, -0.05) is 39.7 Å². The van der Waals surface area contributed by atoms with E-state index in [1.807, 2.05) is 24.3 Å². The van der Waals surface area contributed by atoms with Gasteiger partial charge in [0.25, 0.3) is 0 Å². The van der Waals surface area contributed by atoms with Crippen LogP contribution in [0.3, 0.4) is 0 Å². The maximum atomic E-state index is 11.2. The summed E-state index contributed by atoms with van der Waals surface area (Å²) in [7, 11) is 0. The van der Waals surface area contributed by atoms with Crippen molar-refractivity contribution < 1.29 is 9.90 Å². The van der Waals surface area contributed by atoms with Gasteiger partial charge >= 0.3 is 6.09 Å². The van der Waals surface area contributed by atoms with E-state index in [2.05, 4.69) is 15.9 Å². The molecule has 0 saturated carbocycles. The van der Waals surface area contributed by atoms with Crippen molar-refractivity contribution >= 4 is 33.6 Å². The van der Waals surface area contributed by atoms with Crippen molar-refractivity contribution in [2.24, 2.45) is 0 Å². The van der Waals surface area contributed by atoms with Crippen LogP contribution in [0.25, 0.3) is 0 Å². The fraction of sp³-hybridized carbons (Fsp3) is 0.250. The van der Waals surface area contributed by atoms with Crippen LogP contribution in [0.1, 0.15) is 18.0 Å². The minimum atomic E-state index is -0.911. The van der Waals surface area contributed by atoms with Crippen LogP contribution in [0.15, 0.2) is 34.8 Å². The summed E-state index contributed by atoms with van der Waals surface area (Å²) in [5.41, 5.74) is 0.907. The Morgan fingerprint density at radius 1 is 1.47 bits per heavy atom. The summed E-state index contributed by atoms with van der Waals surface area (Å²) in [4.78, 5) is 12.6. The zero-order chi connectivity index (χ0) is 12.4. The van der Waals surface area contributed by atoms with Gasteiger partial charge in [0, 0.05) is 16.0 Å². The standard InChI is InChI=1S/C12H11BrClNO2/c13-10-5-4-8(14)7-9(10)11-3-1-2-6-15(11)12(16)17/h1-2,4-5,7,11H,3,6H2,(H,16,17)/t11-/m0/s1. The first-order valence-corrected chi connectivity index (χ1v) is 6.36. The summed E-state index contributed by atoms with van der Waals surface area (Å²) in [5.74, 6) is 0. The highest BCUT2D eigenvalue weighted by molar-refractivity contribution is 9.10. The van der Waals surface area contributed by atoms with E-state index in [0.717, 1.165) is 10.0 Å². The molecule has 0 bridgehead atoms. The number of hydrogen-bond donors (Lipinski definition) is 1. The minimum Gasteiger partial charge on any atom is -0.465 e. The van der Waals surface area contributed by atoms with E-state index in [1.54, 1.807) is 6.07 Å². The number of benzene rings is 1. The van der Waals surface area contributed by atoms with E-state index >= 15 is 0 Å². The van der Waals surface area contributed by atoms with E-state index in [4.69, 9.17) is 11.6 Å². The number of hydrogen-bond acceptors (Lipinski definition) is 1. The molecule has 2 rings (SSSR count). The highest BCUT2D eigenvalue weighted by atomic mass is 79.9. The maximum absolute atomic E-state index is 11.2. The zero-order valence-electron chi connectivity index (χ0n) is 8.94. The lowest BCUT2D eigenvalue weighted by Gasteiger charge is -2.31. The molecule has 1 amide bonds. The highest BCUT2D eigenvalue weighted by Crippen LogP contribution is 2.34. The third-order valence-corrected chi connectivity index (χ3v) is 3.72. The summed E-state index contributed by atoms with van der Waals surface area (Å²) < 4.78 is 0.883. The van der Waals surface area contributed by atoms with Gasteiger partial charge in [0.15, 0.2) is 0 Å². The quantitative estimate of drug-likeness (QED) is 0.793. The average Bonchev–Trinajstić information content (AvgIpc) is 2.32. The van der Waals surface area contributed by atoms with E-state index in [1.165, 1.54) is 4.90 Å². The van der Waals surface area contributed by atoms with Gasteiger partial charge in [0.2, 0.25) is 0 Å². The van der Waals surface area contributed by atoms with Gasteiger partial charge in [0.1, 0.15) is 0 Å². The molecule has 1 aliphatic rings. The molecule has 0 aliphatic carbocycles. The highest BCUT2D eigenvalue weighted by Gasteiger charge is 2.26. The van der Waals surface area contributed by atoms with Crippen molar-refractivity contribution in [2.45, 2.75) is 12.5 Å². The van der Waals surface area contributed by atoms with Crippen molar-refractivity contribution in [1.29, 1.82) is 0 Å². The Kier molecular flexibility index (Phi) is 3.74. The van der Waals surface area contributed by atoms with Gasteiger partial charge < -0.3 is 5.11 Å². The van der Waals surface area contributed by atoms with Crippen LogP contribution < -0.4 is 0 Å². The minimum absolute atomic E-state index is 0.175. The van der Waals surface area contributed by atoms with Crippen LogP contribution in [0.2, 0.25) is 5.02 Å². The second-order valence-electron chi connectivity index (χ2n) is 3.82. The van der Waals surface area contributed by atoms with Crippen LogP contribution in [0.4, 0.5) is 4.79 Å². The first kappa shape index (κ1) is 12.5. The molecule has 0 unspecified atom stereocenters. The second-order valence-corrected chi connectivity index (χ2v) is 5.11. The fourth-order valence-electron chi connectivity index (χ4n) is 1.94. The summed E-state index contributed by atoms with van der Waals surface area (Å²) in [5, 5.41) is 9.79. The number of halogens is 2. The van der Waals surface area contributed by atoms with E-state index in [-0.39, 0.29) is 6.04 Å². The Labute approximate surface area is 113 Å². The average molecular weight is 317 g/mol. The molecule has 0 spiro atoms. The van der Waals surface area contributed by atoms with Crippen molar-refractivity contribution in [3.8, 4) is 0 Å². The molecule has 1 aliphatic heterocycles. The normalized spacial score (nSPS) is 19.4. The predicted octanol–water partition coefficient (Wildman–Crippen LogP) is 4.08. The van der Waals surface area contributed by atoms with Gasteiger partial charge in [-0.2, -0.15) is 0 Å². The Bertz CT molecular complexity index is 476. The topological polar surface area (TPSA) is 40.5 Å². The second kappa shape index (κ2) is 5.10. The molecule has 0 radical (unpaired) electrons. The van der Waals surface area contributed by atoms with Crippen LogP contribution in [-0.4, -0.2) is 22.6 Å². The van der Waals surface area contributed by atoms with Crippen LogP contribution in [0.5, 0.6) is 0 Å². The molecule has 17 heavy (non-hydrogen) atoms. The summed E-state index contributed by atoms with van der Waals surface area (Å²) in [6.45, 7) is 0.416. The number of carbonyl (C=O) groups is 1. The molecule has 90 valence electrons. The summed E-state index contributed by atoms with van der Waals surface area (Å²) in [6, 6.07) is 5.26. The van der Waals surface area contributed by atoms with E-state index < -0.39 is 6.09 Å². The maximum Gasteiger partial charge on any atom is 0.408 e. The third kappa shape index (κ3) is 2.64. The van der Waals surface area contributed by atoms with Crippen LogP contribution in [-0.2, 0) is 0 Å². The largest absolute Gasteiger partial charge is 0.465 e. The summed E-state index contributed by atoms with van der Waals surface area (Å²) in [6.07, 6.45) is 3.62. The molecular weight excluding hydrogens is 305 g/mol. The van der Waals surface area contributed by atoms with Gasteiger partial charge in [0.05, 0.1) is 6.04 Å². The Hall–Kier alpha value is -1.000. The predicted molar refractivity (Wildman–Crippen MR) is 70.4 cm³/mol. The lowest BCUT2D eigenvalue weighted by atomic mass is 9.99. The molecule has 3 nitrogen and oxygen atoms in total. The van der Waals surface area contributed by atoms with Crippen LogP contribution in [0, 0.1) is 0 Å². The molecule has 0 saturated heterocycles. The Morgan fingerprint density at radius 3 is 2.94 bits per heavy atom. The van der Waals surface area contributed by atoms with Crippen LogP contribution >= 0.6 is 27.5 Å². The van der Waals surface area contributed by atoms with E-state index in [9.17, 15) is 9.90 Å². The van der Waals surface area contributed by atoms with E-state index in [0.29, 0.717) is 18.0 Å². The van der Waals surface area contributed by atoms with Gasteiger partial charge in [-0.25, -0.2) is 4.79 Å². The number of amides is 1. The molecule has 5 heteroatoms. The monoisotopic (exact) mass is 315 g/mol. The Morgan fingerprint density at radius 2 is 2.24 bits per heavy atom. The van der Waals surface area contributed by atoms with Gasteiger partial charge in [-0.15, -0.1) is 0 Å². The van der Waals surface area contributed by atoms with Crippen molar-refractivity contribution in [3.05, 3.63) is 45.4 Å². The first-order valence-electron chi connectivity index (χ1n) is 5.19. The number of rotatable bonds is 1. The molecule has 1 heterocycles. The lowest BCUT2D eigenvalue weighted by Crippen LogP contribution is -2.35. The smallest absolute Gasteiger partial charge is 0.408 e. The molecule has 1 aromatic carbocycles. The SMILES string of the molecule is O=C(O)N1CC=CC[C@H]1c1cc(Cl)ccc1Br. The zero-order valence-corrected chi connectivity index (χ0v) is 11.3. The summed E-state index contributed by atoms with van der Waals surface area (Å²) >= 11 is 9.40. The first-order chi connectivity index (χ1) is 8.09. The molecule has 0 aromatic heterocycles. The fourth-order valence-corrected chi connectivity index (χ4v) is 2.64. The van der Waals surface area contributed by atoms with Gasteiger partial charge in [-0.05, 0) is 30.2 Å². The Balaban J connectivity index is 2.40.